The van der Waals surface area contributed by atoms with Crippen LogP contribution in [0.4, 0.5) is 11.4 Å². The van der Waals surface area contributed by atoms with E-state index in [2.05, 4.69) is 10.3 Å². The van der Waals surface area contributed by atoms with Gasteiger partial charge in [0.1, 0.15) is 5.69 Å². The van der Waals surface area contributed by atoms with E-state index in [1.165, 1.54) is 0 Å². The van der Waals surface area contributed by atoms with Gasteiger partial charge in [-0.05, 0) is 18.8 Å². The molecule has 0 unspecified atom stereocenters. The molecule has 1 aliphatic rings. The van der Waals surface area contributed by atoms with Gasteiger partial charge in [0.05, 0.1) is 17.2 Å². The van der Waals surface area contributed by atoms with Crippen molar-refractivity contribution in [2.45, 2.75) is 17.9 Å². The molecule has 10 heteroatoms. The second-order valence-electron chi connectivity index (χ2n) is 4.78. The molecule has 1 aliphatic heterocycles. The van der Waals surface area contributed by atoms with Crippen molar-refractivity contribution < 1.29 is 18.1 Å². The van der Waals surface area contributed by atoms with E-state index >= 15 is 0 Å². The number of ether oxygens (including phenoxy) is 1. The molecule has 1 saturated heterocycles. The SMILES string of the molecule is NS(=O)(=O)c1cc([N+](=O)[O-])c(NCC2CCOCC2)cn1. The number of nitro groups is 1. The Labute approximate surface area is 121 Å². The van der Waals surface area contributed by atoms with Crippen LogP contribution in [-0.4, -0.2) is 38.1 Å². The van der Waals surface area contributed by atoms with Crippen LogP contribution in [0.3, 0.4) is 0 Å². The predicted molar refractivity (Wildman–Crippen MR) is 74.3 cm³/mol. The first kappa shape index (κ1) is 15.6. The van der Waals surface area contributed by atoms with Crippen molar-refractivity contribution in [3.8, 4) is 0 Å². The minimum Gasteiger partial charge on any atom is -0.381 e. The Balaban J connectivity index is 2.16. The molecule has 21 heavy (non-hydrogen) atoms. The molecule has 2 rings (SSSR count). The molecule has 1 fully saturated rings. The topological polar surface area (TPSA) is 137 Å². The zero-order valence-electron chi connectivity index (χ0n) is 11.2. The smallest absolute Gasteiger partial charge is 0.296 e. The van der Waals surface area contributed by atoms with Gasteiger partial charge in [-0.25, -0.2) is 18.5 Å². The van der Waals surface area contributed by atoms with E-state index in [4.69, 9.17) is 9.88 Å². The first-order valence-electron chi connectivity index (χ1n) is 6.37. The Morgan fingerprint density at radius 3 is 2.71 bits per heavy atom. The second kappa shape index (κ2) is 6.33. The molecular formula is C11H16N4O5S. The third-order valence-electron chi connectivity index (χ3n) is 3.27. The molecule has 1 aromatic heterocycles. The van der Waals surface area contributed by atoms with Crippen LogP contribution in [0.2, 0.25) is 0 Å². The largest absolute Gasteiger partial charge is 0.381 e. The lowest BCUT2D eigenvalue weighted by atomic mass is 10.0. The third kappa shape index (κ3) is 4.09. The van der Waals surface area contributed by atoms with Crippen LogP contribution in [0.5, 0.6) is 0 Å². The molecule has 0 saturated carbocycles. The first-order valence-corrected chi connectivity index (χ1v) is 7.91. The highest BCUT2D eigenvalue weighted by Crippen LogP contribution is 2.26. The van der Waals surface area contributed by atoms with Crippen LogP contribution in [0.15, 0.2) is 17.3 Å². The molecule has 0 aromatic carbocycles. The first-order chi connectivity index (χ1) is 9.88. The van der Waals surface area contributed by atoms with E-state index in [-0.39, 0.29) is 11.4 Å². The zero-order valence-corrected chi connectivity index (χ0v) is 12.0. The Bertz CT molecular complexity index is 628. The van der Waals surface area contributed by atoms with Gasteiger partial charge in [-0.3, -0.25) is 10.1 Å². The summed E-state index contributed by atoms with van der Waals surface area (Å²) in [6, 6.07) is 0.863. The molecule has 116 valence electrons. The molecule has 0 bridgehead atoms. The quantitative estimate of drug-likeness (QED) is 0.595. The molecular weight excluding hydrogens is 300 g/mol. The van der Waals surface area contributed by atoms with Gasteiger partial charge in [0.25, 0.3) is 15.7 Å². The molecule has 2 heterocycles. The van der Waals surface area contributed by atoms with Crippen molar-refractivity contribution in [2.75, 3.05) is 25.1 Å². The maximum atomic E-state index is 11.2. The van der Waals surface area contributed by atoms with E-state index in [0.29, 0.717) is 25.7 Å². The number of hydrogen-bond donors (Lipinski definition) is 2. The lowest BCUT2D eigenvalue weighted by Gasteiger charge is -2.22. The summed E-state index contributed by atoms with van der Waals surface area (Å²) in [6.45, 7) is 1.90. The van der Waals surface area contributed by atoms with Gasteiger partial charge in [-0.15, -0.1) is 0 Å². The van der Waals surface area contributed by atoms with Crippen molar-refractivity contribution >= 4 is 21.4 Å². The van der Waals surface area contributed by atoms with Crippen LogP contribution in [0.25, 0.3) is 0 Å². The minimum absolute atomic E-state index is 0.180. The number of sulfonamides is 1. The number of nitrogens with zero attached hydrogens (tertiary/aromatic N) is 2. The molecule has 0 aliphatic carbocycles. The van der Waals surface area contributed by atoms with Crippen molar-refractivity contribution in [3.05, 3.63) is 22.4 Å². The number of nitrogens with one attached hydrogen (secondary N) is 1. The van der Waals surface area contributed by atoms with Crippen molar-refractivity contribution in [2.24, 2.45) is 11.1 Å². The number of pyridine rings is 1. The molecule has 3 N–H and O–H groups in total. The summed E-state index contributed by atoms with van der Waals surface area (Å²) < 4.78 is 27.6. The molecule has 0 amide bonds. The summed E-state index contributed by atoms with van der Waals surface area (Å²) in [5.74, 6) is 0.358. The number of aromatic nitrogens is 1. The van der Waals surface area contributed by atoms with Gasteiger partial charge in [-0.1, -0.05) is 0 Å². The monoisotopic (exact) mass is 316 g/mol. The highest BCUT2D eigenvalue weighted by atomic mass is 32.2. The number of hydrogen-bond acceptors (Lipinski definition) is 7. The van der Waals surface area contributed by atoms with Crippen LogP contribution in [0.1, 0.15) is 12.8 Å². The van der Waals surface area contributed by atoms with E-state index in [1.807, 2.05) is 0 Å². The summed E-state index contributed by atoms with van der Waals surface area (Å²) in [5, 5.41) is 18.4. The average Bonchev–Trinajstić information content (AvgIpc) is 2.45. The van der Waals surface area contributed by atoms with Gasteiger partial charge in [0.15, 0.2) is 5.03 Å². The Morgan fingerprint density at radius 2 is 2.14 bits per heavy atom. The summed E-state index contributed by atoms with van der Waals surface area (Å²) in [5.41, 5.74) is -0.181. The van der Waals surface area contributed by atoms with Crippen molar-refractivity contribution in [1.82, 2.24) is 4.98 Å². The number of primary sulfonamides is 1. The molecule has 0 atom stereocenters. The Hall–Kier alpha value is -1.78. The fourth-order valence-corrected chi connectivity index (χ4v) is 2.55. The Kier molecular flexibility index (Phi) is 4.70. The predicted octanol–water partition coefficient (Wildman–Crippen LogP) is 0.476. The lowest BCUT2D eigenvalue weighted by Crippen LogP contribution is -2.23. The molecule has 1 aromatic rings. The van der Waals surface area contributed by atoms with Gasteiger partial charge in [0, 0.05) is 19.8 Å². The second-order valence-corrected chi connectivity index (χ2v) is 6.29. The summed E-state index contributed by atoms with van der Waals surface area (Å²) in [7, 11) is -4.07. The average molecular weight is 316 g/mol. The van der Waals surface area contributed by atoms with Crippen LogP contribution >= 0.6 is 0 Å². The van der Waals surface area contributed by atoms with E-state index < -0.39 is 20.0 Å². The van der Waals surface area contributed by atoms with E-state index in [0.717, 1.165) is 25.1 Å². The van der Waals surface area contributed by atoms with Gasteiger partial charge in [0.2, 0.25) is 0 Å². The fraction of sp³-hybridized carbons (Fsp3) is 0.545. The third-order valence-corrected chi connectivity index (χ3v) is 4.07. The highest BCUT2D eigenvalue weighted by molar-refractivity contribution is 7.89. The summed E-state index contributed by atoms with van der Waals surface area (Å²) in [4.78, 5) is 14.0. The number of anilines is 1. The van der Waals surface area contributed by atoms with Gasteiger partial charge in [-0.2, -0.15) is 0 Å². The highest BCUT2D eigenvalue weighted by Gasteiger charge is 2.21. The van der Waals surface area contributed by atoms with E-state index in [9.17, 15) is 18.5 Å². The maximum Gasteiger partial charge on any atom is 0.296 e. The minimum atomic E-state index is -4.07. The van der Waals surface area contributed by atoms with Crippen LogP contribution < -0.4 is 10.5 Å². The van der Waals surface area contributed by atoms with Crippen LogP contribution in [-0.2, 0) is 14.8 Å². The normalized spacial score (nSPS) is 16.6. The molecule has 9 nitrogen and oxygen atoms in total. The zero-order chi connectivity index (χ0) is 15.5. The summed E-state index contributed by atoms with van der Waals surface area (Å²) in [6.07, 6.45) is 2.88. The van der Waals surface area contributed by atoms with Crippen LogP contribution in [0, 0.1) is 16.0 Å². The standard InChI is InChI=1S/C11H16N4O5S/c12-21(18,19)11-5-10(15(16)17)9(7-14-11)13-6-8-1-3-20-4-2-8/h5,7-8,13H,1-4,6H2,(H2,12,18,19). The fourth-order valence-electron chi connectivity index (χ4n) is 2.07. The van der Waals surface area contributed by atoms with Gasteiger partial charge < -0.3 is 10.1 Å². The maximum absolute atomic E-state index is 11.2. The summed E-state index contributed by atoms with van der Waals surface area (Å²) >= 11 is 0. The lowest BCUT2D eigenvalue weighted by molar-refractivity contribution is -0.384. The Morgan fingerprint density at radius 1 is 1.48 bits per heavy atom. The van der Waals surface area contributed by atoms with Crippen molar-refractivity contribution in [3.63, 3.8) is 0 Å². The van der Waals surface area contributed by atoms with Crippen molar-refractivity contribution in [1.29, 1.82) is 0 Å². The number of rotatable bonds is 5. The van der Waals surface area contributed by atoms with E-state index in [1.54, 1.807) is 0 Å². The van der Waals surface area contributed by atoms with Gasteiger partial charge >= 0.3 is 0 Å². The number of nitrogens with two attached hydrogens (primary N) is 1. The molecule has 0 spiro atoms. The molecule has 0 radical (unpaired) electrons.